The van der Waals surface area contributed by atoms with Crippen molar-refractivity contribution < 1.29 is 0 Å². The first kappa shape index (κ1) is 32.8. The molecule has 0 saturated carbocycles. The van der Waals surface area contributed by atoms with Crippen LogP contribution in [-0.2, 0) is 10.8 Å². The molecule has 5 aliphatic rings. The van der Waals surface area contributed by atoms with E-state index >= 15 is 0 Å². The average molecular weight is 757 g/mol. The number of fused-ring (bicyclic) bond motifs is 9. The Kier molecular flexibility index (Phi) is 6.77. The van der Waals surface area contributed by atoms with Gasteiger partial charge in [-0.15, -0.1) is 0 Å². The summed E-state index contributed by atoms with van der Waals surface area (Å²) in [5, 5.41) is 2.77. The van der Waals surface area contributed by atoms with E-state index in [1.54, 1.807) is 0 Å². The molecule has 4 heteroatoms. The molecule has 0 saturated heterocycles. The quantitative estimate of drug-likeness (QED) is 0.173. The number of hydrogen-bond donors (Lipinski definition) is 0. The first-order valence-corrected chi connectivity index (χ1v) is 21.5. The lowest BCUT2D eigenvalue weighted by molar-refractivity contribution is 0.644. The molecular formula is C52H40N2S2. The van der Waals surface area contributed by atoms with E-state index in [4.69, 9.17) is 0 Å². The first-order chi connectivity index (χ1) is 27.3. The molecule has 3 aliphatic carbocycles. The van der Waals surface area contributed by atoms with E-state index in [-0.39, 0.29) is 10.8 Å². The second kappa shape index (κ2) is 11.6. The zero-order valence-electron chi connectivity index (χ0n) is 32.0. The van der Waals surface area contributed by atoms with Gasteiger partial charge in [-0.1, -0.05) is 124 Å². The summed E-state index contributed by atoms with van der Waals surface area (Å²) in [6.45, 7) is 9.73. The van der Waals surface area contributed by atoms with E-state index in [9.17, 15) is 0 Å². The Balaban J connectivity index is 1.04. The van der Waals surface area contributed by atoms with Gasteiger partial charge in [-0.25, -0.2) is 0 Å². The molecule has 7 aromatic rings. The van der Waals surface area contributed by atoms with Crippen molar-refractivity contribution in [2.45, 2.75) is 66.1 Å². The van der Waals surface area contributed by atoms with E-state index in [0.29, 0.717) is 0 Å². The van der Waals surface area contributed by atoms with Crippen molar-refractivity contribution in [2.24, 2.45) is 0 Å². The van der Waals surface area contributed by atoms with E-state index < -0.39 is 0 Å². The first-order valence-electron chi connectivity index (χ1n) is 19.8. The second-order valence-corrected chi connectivity index (χ2v) is 19.0. The van der Waals surface area contributed by atoms with Crippen molar-refractivity contribution in [3.05, 3.63) is 178 Å². The van der Waals surface area contributed by atoms with Gasteiger partial charge in [0.05, 0.1) is 22.8 Å². The van der Waals surface area contributed by atoms with Gasteiger partial charge in [-0.3, -0.25) is 0 Å². The number of rotatable bonds is 2. The molecule has 2 heterocycles. The zero-order chi connectivity index (χ0) is 37.5. The van der Waals surface area contributed by atoms with Gasteiger partial charge in [0.25, 0.3) is 0 Å². The topological polar surface area (TPSA) is 6.48 Å². The lowest BCUT2D eigenvalue weighted by Crippen LogP contribution is -2.25. The average Bonchev–Trinajstić information content (AvgIpc) is 3.45. The van der Waals surface area contributed by atoms with Crippen LogP contribution in [0.4, 0.5) is 28.4 Å². The Hall–Kier alpha value is -5.42. The lowest BCUT2D eigenvalue weighted by atomic mass is 9.67. The highest BCUT2D eigenvalue weighted by Crippen LogP contribution is 2.60. The Morgan fingerprint density at radius 1 is 0.500 bits per heavy atom. The fourth-order valence-corrected chi connectivity index (χ4v) is 12.5. The molecule has 2 aliphatic heterocycles. The molecule has 0 radical (unpaired) electrons. The van der Waals surface area contributed by atoms with E-state index in [1.165, 1.54) is 109 Å². The van der Waals surface area contributed by atoms with Gasteiger partial charge in [0.15, 0.2) is 0 Å². The van der Waals surface area contributed by atoms with Crippen molar-refractivity contribution in [1.82, 2.24) is 0 Å². The Labute approximate surface area is 337 Å². The summed E-state index contributed by atoms with van der Waals surface area (Å²) < 4.78 is 0. The summed E-state index contributed by atoms with van der Waals surface area (Å²) >= 11 is 3.81. The molecule has 0 amide bonds. The van der Waals surface area contributed by atoms with Crippen molar-refractivity contribution >= 4 is 62.7 Å². The van der Waals surface area contributed by atoms with E-state index in [0.717, 1.165) is 12.8 Å². The predicted molar refractivity (Wildman–Crippen MR) is 238 cm³/mol. The van der Waals surface area contributed by atoms with Crippen LogP contribution in [-0.4, -0.2) is 0 Å². The number of hydrogen-bond acceptors (Lipinski definition) is 4. The fraction of sp³-hybridized carbons (Fsp3) is 0.154. The molecule has 56 heavy (non-hydrogen) atoms. The summed E-state index contributed by atoms with van der Waals surface area (Å²) in [7, 11) is 0. The van der Waals surface area contributed by atoms with Crippen LogP contribution in [0.5, 0.6) is 0 Å². The third kappa shape index (κ3) is 4.37. The zero-order valence-corrected chi connectivity index (χ0v) is 33.6. The number of anilines is 5. The minimum absolute atomic E-state index is 0.184. The number of allylic oxidation sites excluding steroid dienone is 3. The number of thioether (sulfide) groups is 1. The van der Waals surface area contributed by atoms with Gasteiger partial charge >= 0.3 is 0 Å². The summed E-state index contributed by atoms with van der Waals surface area (Å²) in [5.74, 6) is 0. The van der Waals surface area contributed by atoms with Crippen LogP contribution in [0.1, 0.15) is 62.8 Å². The highest BCUT2D eigenvalue weighted by atomic mass is 32.2. The number of para-hydroxylation sites is 3. The van der Waals surface area contributed by atoms with Crippen LogP contribution < -0.4 is 9.80 Å². The molecule has 0 N–H and O–H groups in total. The molecule has 0 atom stereocenters. The van der Waals surface area contributed by atoms with Gasteiger partial charge in [0.2, 0.25) is 0 Å². The molecule has 12 rings (SSSR count). The van der Waals surface area contributed by atoms with Crippen LogP contribution in [0.3, 0.4) is 0 Å². The molecule has 7 aromatic carbocycles. The summed E-state index contributed by atoms with van der Waals surface area (Å²) in [5.41, 5.74) is 18.2. The Bertz CT molecular complexity index is 2900. The van der Waals surface area contributed by atoms with Gasteiger partial charge < -0.3 is 9.80 Å². The monoisotopic (exact) mass is 756 g/mol. The maximum atomic E-state index is 2.56. The fourth-order valence-electron chi connectivity index (χ4n) is 10.3. The number of nitrogens with zero attached hydrogens (tertiary/aromatic N) is 2. The molecule has 270 valence electrons. The third-order valence-electron chi connectivity index (χ3n) is 13.0. The van der Waals surface area contributed by atoms with E-state index in [2.05, 4.69) is 183 Å². The van der Waals surface area contributed by atoms with Crippen molar-refractivity contribution in [2.75, 3.05) is 9.80 Å². The van der Waals surface area contributed by atoms with Crippen LogP contribution >= 0.6 is 23.5 Å². The molecule has 0 aromatic heterocycles. The summed E-state index contributed by atoms with van der Waals surface area (Å²) in [6.07, 6.45) is 6.88. The molecular weight excluding hydrogens is 717 g/mol. The van der Waals surface area contributed by atoms with Gasteiger partial charge in [-0.2, -0.15) is 0 Å². The highest BCUT2D eigenvalue weighted by Gasteiger charge is 2.42. The lowest BCUT2D eigenvalue weighted by Gasteiger charge is -2.38. The van der Waals surface area contributed by atoms with Crippen molar-refractivity contribution in [3.63, 3.8) is 0 Å². The highest BCUT2D eigenvalue weighted by molar-refractivity contribution is 8.03. The Morgan fingerprint density at radius 2 is 1.09 bits per heavy atom. The van der Waals surface area contributed by atoms with Crippen molar-refractivity contribution in [3.8, 4) is 22.3 Å². The normalized spacial score (nSPS) is 17.4. The minimum atomic E-state index is -0.199. The van der Waals surface area contributed by atoms with Crippen LogP contribution in [0, 0.1) is 0 Å². The maximum absolute atomic E-state index is 2.56. The minimum Gasteiger partial charge on any atom is -0.309 e. The SMILES string of the molecule is CC1(C)c2cc(N3C4=C(CCC=C4)Sc4ccccc43)ccc2-c2c1cc1c3c(cccc23)C(C)(C)c2cc(N3c4ccccc4Sc4ccccc43)ccc2-1. The second-order valence-electron chi connectivity index (χ2n) is 16.8. The standard InChI is InChI=1S/C52H40N2S2/c1-51(2)37-15-13-14-35-49-34-27-25-32(54-43-18-7-11-22-47(43)56-48-23-12-8-19-44(48)54)29-39(34)52(3,4)40(49)30-36(50(35)37)33-26-24-31(28-38(33)51)53-41-16-5-9-20-45(41)55-46-21-10-6-17-42(46)53/h5-11,13-22,24-30H,12,23H2,1-4H3. The molecule has 0 unspecified atom stereocenters. The van der Waals surface area contributed by atoms with E-state index in [1.807, 2.05) is 23.5 Å². The molecule has 2 nitrogen and oxygen atoms in total. The summed E-state index contributed by atoms with van der Waals surface area (Å²) in [4.78, 5) is 10.4. The largest absolute Gasteiger partial charge is 0.309 e. The van der Waals surface area contributed by atoms with Crippen LogP contribution in [0.2, 0.25) is 0 Å². The Morgan fingerprint density at radius 3 is 1.80 bits per heavy atom. The molecule has 0 spiro atoms. The van der Waals surface area contributed by atoms with Crippen LogP contribution in [0.15, 0.2) is 171 Å². The van der Waals surface area contributed by atoms with Crippen molar-refractivity contribution in [1.29, 1.82) is 0 Å². The smallest absolute Gasteiger partial charge is 0.0601 e. The van der Waals surface area contributed by atoms with Gasteiger partial charge in [0, 0.05) is 41.8 Å². The van der Waals surface area contributed by atoms with Crippen LogP contribution in [0.25, 0.3) is 33.0 Å². The number of benzene rings is 7. The summed E-state index contributed by atoms with van der Waals surface area (Å²) in [6, 6.07) is 50.7. The maximum Gasteiger partial charge on any atom is 0.0601 e. The van der Waals surface area contributed by atoms with Gasteiger partial charge in [-0.05, 0) is 141 Å². The van der Waals surface area contributed by atoms with Gasteiger partial charge in [0.1, 0.15) is 0 Å². The molecule has 0 bridgehead atoms. The third-order valence-corrected chi connectivity index (χ3v) is 15.4. The predicted octanol–water partition coefficient (Wildman–Crippen LogP) is 15.2. The molecule has 0 fully saturated rings.